The quantitative estimate of drug-likeness (QED) is 0.728. The van der Waals surface area contributed by atoms with Crippen molar-refractivity contribution in [1.29, 1.82) is 0 Å². The minimum absolute atomic E-state index is 0.113. The summed E-state index contributed by atoms with van der Waals surface area (Å²) in [4.78, 5) is 13.0. The summed E-state index contributed by atoms with van der Waals surface area (Å²) in [6, 6.07) is 9.30. The predicted octanol–water partition coefficient (Wildman–Crippen LogP) is 3.47. The molecule has 0 spiro atoms. The molecule has 0 saturated heterocycles. The summed E-state index contributed by atoms with van der Waals surface area (Å²) in [7, 11) is 3.19. The van der Waals surface area contributed by atoms with Gasteiger partial charge in [0.05, 0.1) is 26.2 Å². The molecule has 0 saturated carbocycles. The Labute approximate surface area is 147 Å². The van der Waals surface area contributed by atoms with E-state index in [-0.39, 0.29) is 5.91 Å². The Hall–Kier alpha value is -2.45. The van der Waals surface area contributed by atoms with Gasteiger partial charge in [-0.25, -0.2) is 0 Å². The third-order valence-electron chi connectivity index (χ3n) is 3.22. The maximum atomic E-state index is 12.0. The van der Waals surface area contributed by atoms with Gasteiger partial charge >= 0.3 is 0 Å². The second-order valence-corrected chi connectivity index (χ2v) is 6.79. The number of methoxy groups -OCH3 is 2. The highest BCUT2D eigenvalue weighted by molar-refractivity contribution is 7.18. The molecular formula is C16H15N3O3S2. The fraction of sp³-hybridized carbons (Fsp3) is 0.188. The maximum absolute atomic E-state index is 12.0. The summed E-state index contributed by atoms with van der Waals surface area (Å²) in [6.07, 6.45) is 0.328. The molecule has 1 N–H and O–H groups in total. The van der Waals surface area contributed by atoms with Gasteiger partial charge < -0.3 is 14.8 Å². The number of nitrogens with zero attached hydrogens (tertiary/aromatic N) is 2. The van der Waals surface area contributed by atoms with Crippen LogP contribution in [-0.4, -0.2) is 30.3 Å². The second kappa shape index (κ2) is 7.41. The number of anilines is 1. The minimum Gasteiger partial charge on any atom is -0.497 e. The van der Waals surface area contributed by atoms with E-state index in [0.717, 1.165) is 10.4 Å². The van der Waals surface area contributed by atoms with E-state index in [1.165, 1.54) is 11.3 Å². The Morgan fingerprint density at radius 3 is 2.79 bits per heavy atom. The zero-order valence-electron chi connectivity index (χ0n) is 13.1. The van der Waals surface area contributed by atoms with Crippen LogP contribution in [0, 0.1) is 0 Å². The number of hydrogen-bond donors (Lipinski definition) is 1. The zero-order chi connectivity index (χ0) is 16.9. The Kier molecular flexibility index (Phi) is 5.07. The molecule has 2 heterocycles. The van der Waals surface area contributed by atoms with Crippen molar-refractivity contribution in [1.82, 2.24) is 10.2 Å². The van der Waals surface area contributed by atoms with Crippen LogP contribution in [0.2, 0.25) is 0 Å². The number of hydrogen-bond acceptors (Lipinski definition) is 7. The van der Waals surface area contributed by atoms with Crippen LogP contribution in [0.25, 0.3) is 10.6 Å². The van der Waals surface area contributed by atoms with Crippen LogP contribution in [0.5, 0.6) is 11.5 Å². The first-order valence-corrected chi connectivity index (χ1v) is 8.77. The van der Waals surface area contributed by atoms with Gasteiger partial charge in [-0.05, 0) is 29.6 Å². The Bertz CT molecular complexity index is 831. The molecule has 8 heteroatoms. The van der Waals surface area contributed by atoms with Crippen LogP contribution in [0.15, 0.2) is 35.7 Å². The van der Waals surface area contributed by atoms with Gasteiger partial charge in [0.2, 0.25) is 11.0 Å². The number of carbonyl (C=O) groups is 1. The normalized spacial score (nSPS) is 10.4. The summed E-state index contributed by atoms with van der Waals surface area (Å²) < 4.78 is 10.6. The zero-order valence-corrected chi connectivity index (χ0v) is 14.7. The van der Waals surface area contributed by atoms with Crippen molar-refractivity contribution in [2.75, 3.05) is 19.5 Å². The van der Waals surface area contributed by atoms with Crippen molar-refractivity contribution >= 4 is 33.7 Å². The molecule has 24 heavy (non-hydrogen) atoms. The van der Waals surface area contributed by atoms with E-state index < -0.39 is 0 Å². The van der Waals surface area contributed by atoms with Crippen LogP contribution in [0.3, 0.4) is 0 Å². The number of benzene rings is 1. The lowest BCUT2D eigenvalue weighted by Gasteiger charge is -2.07. The van der Waals surface area contributed by atoms with Crippen LogP contribution in [0.4, 0.5) is 5.13 Å². The van der Waals surface area contributed by atoms with Crippen molar-refractivity contribution < 1.29 is 14.3 Å². The van der Waals surface area contributed by atoms with Gasteiger partial charge in [0.25, 0.3) is 0 Å². The number of carbonyl (C=O) groups excluding carboxylic acids is 1. The third kappa shape index (κ3) is 3.72. The lowest BCUT2D eigenvalue weighted by molar-refractivity contribution is -0.115. The molecule has 3 rings (SSSR count). The summed E-state index contributed by atoms with van der Waals surface area (Å²) in [5.74, 6) is 1.26. The van der Waals surface area contributed by atoms with Crippen LogP contribution < -0.4 is 14.8 Å². The van der Waals surface area contributed by atoms with Crippen LogP contribution in [-0.2, 0) is 11.2 Å². The highest BCUT2D eigenvalue weighted by atomic mass is 32.1. The average Bonchev–Trinajstić information content (AvgIpc) is 3.26. The van der Waals surface area contributed by atoms with Gasteiger partial charge in [0.1, 0.15) is 11.5 Å². The van der Waals surface area contributed by atoms with Crippen LogP contribution in [0.1, 0.15) is 4.88 Å². The van der Waals surface area contributed by atoms with Crippen molar-refractivity contribution in [2.24, 2.45) is 0 Å². The van der Waals surface area contributed by atoms with E-state index in [2.05, 4.69) is 15.5 Å². The number of amides is 1. The highest BCUT2D eigenvalue weighted by Crippen LogP contribution is 2.36. The monoisotopic (exact) mass is 361 g/mol. The van der Waals surface area contributed by atoms with E-state index in [1.54, 1.807) is 25.6 Å². The van der Waals surface area contributed by atoms with Crippen LogP contribution >= 0.6 is 22.7 Å². The standard InChI is InChI=1S/C16H15N3O3S2/c1-21-10-5-6-13(22-2)12(8-10)15-18-19-16(24-15)17-14(20)9-11-4-3-7-23-11/h3-8H,9H2,1-2H3,(H,17,19,20). The SMILES string of the molecule is COc1ccc(OC)c(-c2nnc(NC(=O)Cc3cccs3)s2)c1. The molecule has 1 aromatic carbocycles. The number of aromatic nitrogens is 2. The number of thiophene rings is 1. The van der Waals surface area contributed by atoms with Gasteiger partial charge in [-0.1, -0.05) is 17.4 Å². The topological polar surface area (TPSA) is 73.3 Å². The number of ether oxygens (including phenoxy) is 2. The first kappa shape index (κ1) is 16.4. The fourth-order valence-electron chi connectivity index (χ4n) is 2.10. The highest BCUT2D eigenvalue weighted by Gasteiger charge is 2.15. The minimum atomic E-state index is -0.113. The third-order valence-corrected chi connectivity index (χ3v) is 4.97. The van der Waals surface area contributed by atoms with Gasteiger partial charge in [0.15, 0.2) is 5.01 Å². The number of nitrogens with one attached hydrogen (secondary N) is 1. The van der Waals surface area contributed by atoms with Gasteiger partial charge in [-0.15, -0.1) is 21.5 Å². The molecule has 1 amide bonds. The van der Waals surface area contributed by atoms with Crippen molar-refractivity contribution in [3.63, 3.8) is 0 Å². The van der Waals surface area contributed by atoms with Gasteiger partial charge in [0, 0.05) is 4.88 Å². The predicted molar refractivity (Wildman–Crippen MR) is 95.1 cm³/mol. The molecule has 0 fully saturated rings. The van der Waals surface area contributed by atoms with E-state index in [9.17, 15) is 4.79 Å². The lowest BCUT2D eigenvalue weighted by Crippen LogP contribution is -2.13. The Morgan fingerprint density at radius 2 is 2.08 bits per heavy atom. The van der Waals surface area contributed by atoms with Crippen molar-refractivity contribution in [3.05, 3.63) is 40.6 Å². The Morgan fingerprint density at radius 1 is 1.21 bits per heavy atom. The molecule has 0 aliphatic heterocycles. The molecule has 0 unspecified atom stereocenters. The van der Waals surface area contributed by atoms with Gasteiger partial charge in [-0.2, -0.15) is 0 Å². The summed E-state index contributed by atoms with van der Waals surface area (Å²) in [6.45, 7) is 0. The molecule has 0 radical (unpaired) electrons. The van der Waals surface area contributed by atoms with E-state index >= 15 is 0 Å². The average molecular weight is 361 g/mol. The number of rotatable bonds is 6. The first-order valence-electron chi connectivity index (χ1n) is 7.07. The summed E-state index contributed by atoms with van der Waals surface area (Å²) in [5.41, 5.74) is 0.771. The largest absolute Gasteiger partial charge is 0.497 e. The van der Waals surface area contributed by atoms with E-state index in [0.29, 0.717) is 28.1 Å². The Balaban J connectivity index is 1.77. The first-order chi connectivity index (χ1) is 11.7. The lowest BCUT2D eigenvalue weighted by atomic mass is 10.2. The maximum Gasteiger partial charge on any atom is 0.231 e. The molecule has 0 aliphatic rings. The smallest absolute Gasteiger partial charge is 0.231 e. The van der Waals surface area contributed by atoms with E-state index in [1.807, 2.05) is 35.7 Å². The second-order valence-electron chi connectivity index (χ2n) is 4.78. The molecular weight excluding hydrogens is 346 g/mol. The fourth-order valence-corrected chi connectivity index (χ4v) is 3.58. The molecule has 6 nitrogen and oxygen atoms in total. The molecule has 0 atom stereocenters. The van der Waals surface area contributed by atoms with Crippen molar-refractivity contribution in [3.8, 4) is 22.1 Å². The molecule has 2 aromatic heterocycles. The molecule has 124 valence electrons. The van der Waals surface area contributed by atoms with Crippen molar-refractivity contribution in [2.45, 2.75) is 6.42 Å². The summed E-state index contributed by atoms with van der Waals surface area (Å²) in [5, 5.41) is 14.0. The van der Waals surface area contributed by atoms with E-state index in [4.69, 9.17) is 9.47 Å². The molecule has 0 bridgehead atoms. The molecule has 3 aromatic rings. The molecule has 0 aliphatic carbocycles. The summed E-state index contributed by atoms with van der Waals surface area (Å²) >= 11 is 2.84. The van der Waals surface area contributed by atoms with Gasteiger partial charge in [-0.3, -0.25) is 4.79 Å².